The predicted octanol–water partition coefficient (Wildman–Crippen LogP) is 3.03. The Hall–Kier alpha value is -0.730. The zero-order chi connectivity index (χ0) is 11.9. The van der Waals surface area contributed by atoms with E-state index < -0.39 is 5.60 Å². The van der Waals surface area contributed by atoms with Crippen molar-refractivity contribution in [1.82, 2.24) is 0 Å². The molecule has 0 saturated heterocycles. The van der Waals surface area contributed by atoms with Crippen molar-refractivity contribution in [2.24, 2.45) is 0 Å². The first-order valence-electron chi connectivity index (χ1n) is 5.52. The maximum absolute atomic E-state index is 9.99. The van der Waals surface area contributed by atoms with Gasteiger partial charge in [0.25, 0.3) is 0 Å². The fourth-order valence-electron chi connectivity index (χ4n) is 2.05. The first-order chi connectivity index (χ1) is 7.47. The lowest BCUT2D eigenvalue weighted by atomic mass is 9.98. The van der Waals surface area contributed by atoms with E-state index >= 15 is 0 Å². The van der Waals surface area contributed by atoms with E-state index in [0.717, 1.165) is 35.3 Å². The normalized spacial score (nSPS) is 17.3. The molecule has 2 nitrogen and oxygen atoms in total. The van der Waals surface area contributed by atoms with Crippen molar-refractivity contribution in [2.45, 2.75) is 38.7 Å². The molecule has 0 spiro atoms. The van der Waals surface area contributed by atoms with Crippen LogP contribution >= 0.6 is 11.6 Å². The van der Waals surface area contributed by atoms with Crippen LogP contribution in [0.5, 0.6) is 5.75 Å². The second kappa shape index (κ2) is 3.94. The summed E-state index contributed by atoms with van der Waals surface area (Å²) in [7, 11) is 1.63. The number of aryl methyl sites for hydroxylation is 2. The minimum absolute atomic E-state index is 0.517. The number of hydrogen-bond donors (Lipinski definition) is 1. The molecule has 0 heterocycles. The van der Waals surface area contributed by atoms with Crippen LogP contribution in [0.25, 0.3) is 0 Å². The van der Waals surface area contributed by atoms with Gasteiger partial charge < -0.3 is 9.84 Å². The van der Waals surface area contributed by atoms with Crippen molar-refractivity contribution in [1.29, 1.82) is 0 Å². The quantitative estimate of drug-likeness (QED) is 0.880. The topological polar surface area (TPSA) is 29.5 Å². The molecule has 0 radical (unpaired) electrons. The van der Waals surface area contributed by atoms with Gasteiger partial charge in [-0.3, -0.25) is 0 Å². The van der Waals surface area contributed by atoms with Crippen LogP contribution in [0.4, 0.5) is 0 Å². The van der Waals surface area contributed by atoms with Crippen molar-refractivity contribution < 1.29 is 9.84 Å². The summed E-state index contributed by atoms with van der Waals surface area (Å²) in [6.07, 6.45) is 2.39. The molecule has 1 aliphatic rings. The van der Waals surface area contributed by atoms with Gasteiger partial charge in [-0.25, -0.2) is 0 Å². The van der Waals surface area contributed by atoms with E-state index in [1.165, 1.54) is 0 Å². The fourth-order valence-corrected chi connectivity index (χ4v) is 2.29. The van der Waals surface area contributed by atoms with Gasteiger partial charge in [-0.05, 0) is 37.8 Å². The lowest BCUT2D eigenvalue weighted by molar-refractivity contribution is 0.149. The highest BCUT2D eigenvalue weighted by Gasteiger charge is 2.41. The van der Waals surface area contributed by atoms with Crippen LogP contribution < -0.4 is 4.74 Å². The number of halogens is 1. The molecule has 0 bridgehead atoms. The third-order valence-electron chi connectivity index (χ3n) is 3.27. The second-order valence-electron chi connectivity index (χ2n) is 4.74. The van der Waals surface area contributed by atoms with E-state index in [0.29, 0.717) is 11.4 Å². The van der Waals surface area contributed by atoms with Crippen molar-refractivity contribution in [3.8, 4) is 5.75 Å². The van der Waals surface area contributed by atoms with Gasteiger partial charge in [-0.15, -0.1) is 0 Å². The number of ether oxygens (including phenoxy) is 1. The molecule has 1 fully saturated rings. The fraction of sp³-hybridized carbons (Fsp3) is 0.538. The molecule has 1 N–H and O–H groups in total. The smallest absolute Gasteiger partial charge is 0.141 e. The Morgan fingerprint density at radius 3 is 2.50 bits per heavy atom. The molecule has 1 aromatic rings. The molecule has 1 saturated carbocycles. The Morgan fingerprint density at radius 1 is 1.38 bits per heavy atom. The maximum Gasteiger partial charge on any atom is 0.141 e. The molecule has 0 unspecified atom stereocenters. The highest BCUT2D eigenvalue weighted by Crippen LogP contribution is 2.43. The maximum atomic E-state index is 9.99. The molecule has 1 aromatic carbocycles. The molecular weight excluding hydrogens is 224 g/mol. The molecule has 1 aliphatic carbocycles. The number of rotatable bonds is 3. The van der Waals surface area contributed by atoms with E-state index in [1.54, 1.807) is 7.11 Å². The van der Waals surface area contributed by atoms with Crippen LogP contribution in [0.15, 0.2) is 6.07 Å². The number of benzene rings is 1. The summed E-state index contributed by atoms with van der Waals surface area (Å²) in [5.74, 6) is 0.722. The Kier molecular flexibility index (Phi) is 2.89. The predicted molar refractivity (Wildman–Crippen MR) is 65.4 cm³/mol. The summed E-state index contributed by atoms with van der Waals surface area (Å²) in [5, 5.41) is 10.6. The molecular formula is C13H17ClO2. The molecule has 16 heavy (non-hydrogen) atoms. The summed E-state index contributed by atoms with van der Waals surface area (Å²) >= 11 is 6.21. The number of methoxy groups -OCH3 is 1. The Morgan fingerprint density at radius 2 is 2.00 bits per heavy atom. The van der Waals surface area contributed by atoms with Crippen LogP contribution in [-0.4, -0.2) is 17.8 Å². The standard InChI is InChI=1S/C13H17ClO2/c1-8-6-9(2)11(14)12(16-3)10(8)7-13(15)4-5-13/h6,15H,4-5,7H2,1-3H3. The largest absolute Gasteiger partial charge is 0.495 e. The van der Waals surface area contributed by atoms with E-state index in [-0.39, 0.29) is 0 Å². The summed E-state index contributed by atoms with van der Waals surface area (Å²) in [6.45, 7) is 4.00. The lowest BCUT2D eigenvalue weighted by Gasteiger charge is -2.17. The van der Waals surface area contributed by atoms with Crippen LogP contribution in [0.2, 0.25) is 5.02 Å². The summed E-state index contributed by atoms with van der Waals surface area (Å²) < 4.78 is 5.37. The third kappa shape index (κ3) is 2.04. The zero-order valence-corrected chi connectivity index (χ0v) is 10.7. The minimum atomic E-state index is -0.517. The molecule has 0 aromatic heterocycles. The van der Waals surface area contributed by atoms with Crippen molar-refractivity contribution in [3.05, 3.63) is 27.8 Å². The van der Waals surface area contributed by atoms with E-state index in [2.05, 4.69) is 0 Å². The average molecular weight is 241 g/mol. The Bertz CT molecular complexity index is 422. The SMILES string of the molecule is COc1c(Cl)c(C)cc(C)c1CC1(O)CC1. The molecule has 0 aliphatic heterocycles. The zero-order valence-electron chi connectivity index (χ0n) is 9.93. The highest BCUT2D eigenvalue weighted by molar-refractivity contribution is 6.33. The van der Waals surface area contributed by atoms with Gasteiger partial charge in [0.1, 0.15) is 5.75 Å². The average Bonchev–Trinajstić information content (AvgIpc) is 2.94. The van der Waals surface area contributed by atoms with E-state index in [9.17, 15) is 5.11 Å². The lowest BCUT2D eigenvalue weighted by Crippen LogP contribution is -2.13. The molecule has 0 atom stereocenters. The van der Waals surface area contributed by atoms with Gasteiger partial charge in [-0.2, -0.15) is 0 Å². The summed E-state index contributed by atoms with van der Waals surface area (Å²) in [5.41, 5.74) is 2.68. The van der Waals surface area contributed by atoms with Crippen molar-refractivity contribution in [2.75, 3.05) is 7.11 Å². The van der Waals surface area contributed by atoms with Crippen LogP contribution in [0, 0.1) is 13.8 Å². The van der Waals surface area contributed by atoms with Gasteiger partial charge in [0.15, 0.2) is 0 Å². The summed E-state index contributed by atoms with van der Waals surface area (Å²) in [6, 6.07) is 2.05. The van der Waals surface area contributed by atoms with Gasteiger partial charge in [0.05, 0.1) is 17.7 Å². The van der Waals surface area contributed by atoms with Gasteiger partial charge >= 0.3 is 0 Å². The van der Waals surface area contributed by atoms with Crippen molar-refractivity contribution in [3.63, 3.8) is 0 Å². The summed E-state index contributed by atoms with van der Waals surface area (Å²) in [4.78, 5) is 0. The minimum Gasteiger partial charge on any atom is -0.495 e. The van der Waals surface area contributed by atoms with Crippen molar-refractivity contribution >= 4 is 11.6 Å². The van der Waals surface area contributed by atoms with E-state index in [4.69, 9.17) is 16.3 Å². The molecule has 2 rings (SSSR count). The van der Waals surface area contributed by atoms with Gasteiger partial charge in [0, 0.05) is 12.0 Å². The molecule has 0 amide bonds. The van der Waals surface area contributed by atoms with Crippen LogP contribution in [0.3, 0.4) is 0 Å². The monoisotopic (exact) mass is 240 g/mol. The Labute approximate surface area is 101 Å². The first kappa shape index (κ1) is 11.7. The number of aliphatic hydroxyl groups is 1. The second-order valence-corrected chi connectivity index (χ2v) is 5.12. The third-order valence-corrected chi connectivity index (χ3v) is 3.74. The van der Waals surface area contributed by atoms with Crippen LogP contribution in [0.1, 0.15) is 29.5 Å². The van der Waals surface area contributed by atoms with E-state index in [1.807, 2.05) is 19.9 Å². The number of hydrogen-bond acceptors (Lipinski definition) is 2. The molecule has 3 heteroatoms. The van der Waals surface area contributed by atoms with Crippen LogP contribution in [-0.2, 0) is 6.42 Å². The van der Waals surface area contributed by atoms with Gasteiger partial charge in [-0.1, -0.05) is 17.7 Å². The van der Waals surface area contributed by atoms with Gasteiger partial charge in [0.2, 0.25) is 0 Å². The first-order valence-corrected chi connectivity index (χ1v) is 5.89. The highest BCUT2D eigenvalue weighted by atomic mass is 35.5. The Balaban J connectivity index is 2.45. The molecule has 88 valence electrons.